The SMILES string of the molecule is O=C(NCc1cnc[nH]1)C1CCC(C(F)(F)F)CC1. The summed E-state index contributed by atoms with van der Waals surface area (Å²) in [6, 6.07) is 0. The lowest BCUT2D eigenvalue weighted by molar-refractivity contribution is -0.184. The number of rotatable bonds is 3. The highest BCUT2D eigenvalue weighted by molar-refractivity contribution is 5.78. The lowest BCUT2D eigenvalue weighted by atomic mass is 9.81. The summed E-state index contributed by atoms with van der Waals surface area (Å²) in [5.41, 5.74) is 0.775. The van der Waals surface area contributed by atoms with Crippen molar-refractivity contribution in [3.8, 4) is 0 Å². The Kier molecular flexibility index (Phi) is 4.11. The number of H-pyrrole nitrogens is 1. The number of carbonyl (C=O) groups excluding carboxylic acids is 1. The number of aromatic nitrogens is 2. The van der Waals surface area contributed by atoms with Crippen LogP contribution in [0.1, 0.15) is 31.4 Å². The Balaban J connectivity index is 1.76. The van der Waals surface area contributed by atoms with Crippen LogP contribution in [0.5, 0.6) is 0 Å². The van der Waals surface area contributed by atoms with E-state index < -0.39 is 12.1 Å². The van der Waals surface area contributed by atoms with E-state index in [-0.39, 0.29) is 24.7 Å². The average Bonchev–Trinajstić information content (AvgIpc) is 2.88. The van der Waals surface area contributed by atoms with Crippen molar-refractivity contribution in [1.82, 2.24) is 15.3 Å². The monoisotopic (exact) mass is 275 g/mol. The molecule has 1 fully saturated rings. The Labute approximate surface area is 108 Å². The van der Waals surface area contributed by atoms with Gasteiger partial charge in [0.2, 0.25) is 5.91 Å². The molecule has 0 aromatic carbocycles. The first-order valence-electron chi connectivity index (χ1n) is 6.28. The van der Waals surface area contributed by atoms with Gasteiger partial charge < -0.3 is 10.3 Å². The highest BCUT2D eigenvalue weighted by Crippen LogP contribution is 2.39. The summed E-state index contributed by atoms with van der Waals surface area (Å²) in [4.78, 5) is 18.5. The van der Waals surface area contributed by atoms with Crippen LogP contribution in [-0.4, -0.2) is 22.1 Å². The minimum Gasteiger partial charge on any atom is -0.350 e. The van der Waals surface area contributed by atoms with Crippen LogP contribution in [0.3, 0.4) is 0 Å². The Morgan fingerprint density at radius 3 is 2.58 bits per heavy atom. The zero-order valence-electron chi connectivity index (χ0n) is 10.3. The van der Waals surface area contributed by atoms with E-state index in [1.165, 1.54) is 6.33 Å². The largest absolute Gasteiger partial charge is 0.391 e. The van der Waals surface area contributed by atoms with Gasteiger partial charge in [0.15, 0.2) is 0 Å². The number of carbonyl (C=O) groups is 1. The number of nitrogens with zero attached hydrogens (tertiary/aromatic N) is 1. The molecule has 1 heterocycles. The summed E-state index contributed by atoms with van der Waals surface area (Å²) >= 11 is 0. The maximum Gasteiger partial charge on any atom is 0.391 e. The van der Waals surface area contributed by atoms with Crippen LogP contribution in [0.25, 0.3) is 0 Å². The predicted octanol–water partition coefficient (Wildman–Crippen LogP) is 2.39. The molecule has 0 atom stereocenters. The summed E-state index contributed by atoms with van der Waals surface area (Å²) in [5.74, 6) is -1.72. The van der Waals surface area contributed by atoms with Crippen molar-refractivity contribution in [2.24, 2.45) is 11.8 Å². The molecule has 1 aliphatic rings. The topological polar surface area (TPSA) is 57.8 Å². The van der Waals surface area contributed by atoms with E-state index in [4.69, 9.17) is 0 Å². The second-order valence-electron chi connectivity index (χ2n) is 4.88. The number of hydrogen-bond donors (Lipinski definition) is 2. The van der Waals surface area contributed by atoms with Crippen LogP contribution >= 0.6 is 0 Å². The van der Waals surface area contributed by atoms with E-state index in [9.17, 15) is 18.0 Å². The Morgan fingerprint density at radius 2 is 2.05 bits per heavy atom. The molecule has 7 heteroatoms. The van der Waals surface area contributed by atoms with Crippen molar-refractivity contribution in [2.45, 2.75) is 38.4 Å². The molecule has 2 N–H and O–H groups in total. The number of alkyl halides is 3. The number of halogens is 3. The molecule has 19 heavy (non-hydrogen) atoms. The summed E-state index contributed by atoms with van der Waals surface area (Å²) < 4.78 is 37.5. The Hall–Kier alpha value is -1.53. The maximum absolute atomic E-state index is 12.5. The van der Waals surface area contributed by atoms with E-state index in [1.807, 2.05) is 0 Å². The molecule has 1 saturated carbocycles. The van der Waals surface area contributed by atoms with Crippen molar-refractivity contribution < 1.29 is 18.0 Å². The summed E-state index contributed by atoms with van der Waals surface area (Å²) in [6.07, 6.45) is -0.316. The standard InChI is InChI=1S/C12H16F3N3O/c13-12(14,15)9-3-1-8(2-4-9)11(19)17-6-10-5-16-7-18-10/h5,7-9H,1-4,6H2,(H,16,18)(H,17,19). The molecule has 1 amide bonds. The third kappa shape index (κ3) is 3.71. The minimum atomic E-state index is -4.13. The fourth-order valence-electron chi connectivity index (χ4n) is 2.39. The maximum atomic E-state index is 12.5. The molecule has 1 aromatic heterocycles. The second-order valence-corrected chi connectivity index (χ2v) is 4.88. The molecule has 4 nitrogen and oxygen atoms in total. The van der Waals surface area contributed by atoms with Crippen molar-refractivity contribution in [3.05, 3.63) is 18.2 Å². The minimum absolute atomic E-state index is 0.0473. The van der Waals surface area contributed by atoms with Crippen LogP contribution < -0.4 is 5.32 Å². The second kappa shape index (κ2) is 5.63. The smallest absolute Gasteiger partial charge is 0.350 e. The number of imidazole rings is 1. The first-order chi connectivity index (χ1) is 8.97. The van der Waals surface area contributed by atoms with Gasteiger partial charge in [0.25, 0.3) is 0 Å². The summed E-state index contributed by atoms with van der Waals surface area (Å²) in [7, 11) is 0. The van der Waals surface area contributed by atoms with Gasteiger partial charge in [-0.3, -0.25) is 4.79 Å². The molecule has 0 spiro atoms. The third-order valence-corrected chi connectivity index (χ3v) is 3.57. The summed E-state index contributed by atoms with van der Waals surface area (Å²) in [5, 5.41) is 2.72. The van der Waals surface area contributed by atoms with Crippen molar-refractivity contribution >= 4 is 5.91 Å². The highest BCUT2D eigenvalue weighted by Gasteiger charge is 2.42. The molecule has 0 bridgehead atoms. The highest BCUT2D eigenvalue weighted by atomic mass is 19.4. The first kappa shape index (κ1) is 13.9. The van der Waals surface area contributed by atoms with Crippen molar-refractivity contribution in [1.29, 1.82) is 0 Å². The van der Waals surface area contributed by atoms with Gasteiger partial charge in [-0.05, 0) is 25.7 Å². The zero-order valence-corrected chi connectivity index (χ0v) is 10.3. The molecule has 1 aromatic rings. The Morgan fingerprint density at radius 1 is 1.37 bits per heavy atom. The fourth-order valence-corrected chi connectivity index (χ4v) is 2.39. The lowest BCUT2D eigenvalue weighted by Gasteiger charge is -2.29. The van der Waals surface area contributed by atoms with E-state index in [0.717, 1.165) is 5.69 Å². The van der Waals surface area contributed by atoms with Gasteiger partial charge >= 0.3 is 6.18 Å². The number of hydrogen-bond acceptors (Lipinski definition) is 2. The van der Waals surface area contributed by atoms with Crippen LogP contribution in [0.15, 0.2) is 12.5 Å². The molecule has 0 unspecified atom stereocenters. The molecule has 2 rings (SSSR count). The van der Waals surface area contributed by atoms with Gasteiger partial charge in [-0.15, -0.1) is 0 Å². The third-order valence-electron chi connectivity index (χ3n) is 3.57. The van der Waals surface area contributed by atoms with Gasteiger partial charge in [0.1, 0.15) is 0 Å². The van der Waals surface area contributed by atoms with Crippen molar-refractivity contribution in [2.75, 3.05) is 0 Å². The molecule has 1 aliphatic carbocycles. The average molecular weight is 275 g/mol. The van der Waals surface area contributed by atoms with E-state index in [1.54, 1.807) is 6.20 Å². The van der Waals surface area contributed by atoms with Gasteiger partial charge in [-0.1, -0.05) is 0 Å². The molecule has 0 saturated heterocycles. The molecule has 0 radical (unpaired) electrons. The lowest BCUT2D eigenvalue weighted by Crippen LogP contribution is -2.35. The number of amides is 1. The van der Waals surface area contributed by atoms with Crippen LogP contribution in [0.4, 0.5) is 13.2 Å². The molecular weight excluding hydrogens is 259 g/mol. The predicted molar refractivity (Wildman–Crippen MR) is 61.9 cm³/mol. The molecule has 0 aliphatic heterocycles. The van der Waals surface area contributed by atoms with E-state index >= 15 is 0 Å². The van der Waals surface area contributed by atoms with Gasteiger partial charge in [-0.2, -0.15) is 13.2 Å². The van der Waals surface area contributed by atoms with Gasteiger partial charge in [0.05, 0.1) is 24.5 Å². The normalized spacial score (nSPS) is 24.2. The van der Waals surface area contributed by atoms with E-state index in [0.29, 0.717) is 19.4 Å². The molecule has 106 valence electrons. The zero-order chi connectivity index (χ0) is 13.9. The number of aromatic amines is 1. The number of nitrogens with one attached hydrogen (secondary N) is 2. The molecular formula is C12H16F3N3O. The van der Waals surface area contributed by atoms with Crippen LogP contribution in [0, 0.1) is 11.8 Å². The van der Waals surface area contributed by atoms with Gasteiger partial charge in [-0.25, -0.2) is 4.98 Å². The first-order valence-corrected chi connectivity index (χ1v) is 6.28. The summed E-state index contributed by atoms with van der Waals surface area (Å²) in [6.45, 7) is 0.331. The quantitative estimate of drug-likeness (QED) is 0.890. The van der Waals surface area contributed by atoms with Crippen molar-refractivity contribution in [3.63, 3.8) is 0 Å². The Bertz CT molecular complexity index is 408. The van der Waals surface area contributed by atoms with Gasteiger partial charge in [0, 0.05) is 12.1 Å². The fraction of sp³-hybridized carbons (Fsp3) is 0.667. The van der Waals surface area contributed by atoms with E-state index in [2.05, 4.69) is 15.3 Å². The van der Waals surface area contributed by atoms with Crippen LogP contribution in [0.2, 0.25) is 0 Å². The van der Waals surface area contributed by atoms with Crippen LogP contribution in [-0.2, 0) is 11.3 Å².